The van der Waals surface area contributed by atoms with E-state index in [0.29, 0.717) is 10.9 Å². The van der Waals surface area contributed by atoms with Crippen LogP contribution in [0.1, 0.15) is 0 Å². The normalized spacial score (nSPS) is 8.82. The van der Waals surface area contributed by atoms with Gasteiger partial charge in [-0.2, -0.15) is 0 Å². The Morgan fingerprint density at radius 3 is 2.91 bits per heavy atom. The minimum absolute atomic E-state index is 0.533. The van der Waals surface area contributed by atoms with E-state index >= 15 is 0 Å². The van der Waals surface area contributed by atoms with E-state index in [-0.39, 0.29) is 0 Å². The Labute approximate surface area is 70.1 Å². The molecule has 0 aliphatic carbocycles. The summed E-state index contributed by atoms with van der Waals surface area (Å²) in [5, 5.41) is 6.14. The van der Waals surface area contributed by atoms with Gasteiger partial charge in [0.25, 0.3) is 0 Å². The number of aromatic nitrogens is 2. The van der Waals surface area contributed by atoms with Gasteiger partial charge in [-0.25, -0.2) is 4.98 Å². The Morgan fingerprint density at radius 2 is 2.36 bits per heavy atom. The highest BCUT2D eigenvalue weighted by Crippen LogP contribution is 1.95. The predicted molar refractivity (Wildman–Crippen MR) is 47.3 cm³/mol. The summed E-state index contributed by atoms with van der Waals surface area (Å²) < 4.78 is 0. The molecule has 5 heteroatoms. The van der Waals surface area contributed by atoms with Gasteiger partial charge in [0.05, 0.1) is 6.20 Å². The number of rotatable bonds is 1. The first kappa shape index (κ1) is 7.87. The molecular formula is C6H8N4S. The van der Waals surface area contributed by atoms with Crippen LogP contribution in [0, 0.1) is 0 Å². The van der Waals surface area contributed by atoms with Gasteiger partial charge in [0, 0.05) is 19.4 Å². The number of nitrogens with zero attached hydrogens (tertiary/aromatic N) is 2. The van der Waals surface area contributed by atoms with Crippen molar-refractivity contribution in [3.63, 3.8) is 0 Å². The summed E-state index contributed by atoms with van der Waals surface area (Å²) in [5.74, 6) is 0.645. The molecule has 0 saturated carbocycles. The molecule has 1 rings (SSSR count). The molecule has 0 amide bonds. The summed E-state index contributed by atoms with van der Waals surface area (Å²) in [7, 11) is 1.74. The van der Waals surface area contributed by atoms with E-state index in [9.17, 15) is 0 Å². The van der Waals surface area contributed by atoms with Crippen LogP contribution in [0.5, 0.6) is 0 Å². The van der Waals surface area contributed by atoms with Gasteiger partial charge in [-0.15, -0.1) is 0 Å². The fourth-order valence-electron chi connectivity index (χ4n) is 0.542. The quantitative estimate of drug-likeness (QED) is 0.594. The number of thiocarbonyl (C=S) groups is 1. The van der Waals surface area contributed by atoms with Crippen LogP contribution in [0.2, 0.25) is 0 Å². The highest BCUT2D eigenvalue weighted by molar-refractivity contribution is 7.80. The molecule has 1 aromatic heterocycles. The SMILES string of the molecule is CNC(=S)Nc1cnccn1. The number of hydrogen-bond donors (Lipinski definition) is 2. The summed E-state index contributed by atoms with van der Waals surface area (Å²) in [6.45, 7) is 0. The van der Waals surface area contributed by atoms with E-state index in [2.05, 4.69) is 20.6 Å². The second kappa shape index (κ2) is 3.82. The molecule has 0 bridgehead atoms. The van der Waals surface area contributed by atoms with E-state index in [1.807, 2.05) is 0 Å². The van der Waals surface area contributed by atoms with Crippen LogP contribution in [0.4, 0.5) is 5.82 Å². The fraction of sp³-hybridized carbons (Fsp3) is 0.167. The Kier molecular flexibility index (Phi) is 2.74. The molecule has 0 unspecified atom stereocenters. The van der Waals surface area contributed by atoms with Gasteiger partial charge >= 0.3 is 0 Å². The van der Waals surface area contributed by atoms with Crippen molar-refractivity contribution in [3.8, 4) is 0 Å². The van der Waals surface area contributed by atoms with E-state index < -0.39 is 0 Å². The Hall–Kier alpha value is -1.23. The molecule has 0 atom stereocenters. The minimum atomic E-state index is 0.533. The summed E-state index contributed by atoms with van der Waals surface area (Å²) in [6.07, 6.45) is 4.80. The third-order valence-corrected chi connectivity index (χ3v) is 1.34. The third kappa shape index (κ3) is 2.46. The molecule has 0 aromatic carbocycles. The van der Waals surface area contributed by atoms with Crippen LogP contribution in [0.3, 0.4) is 0 Å². The monoisotopic (exact) mass is 168 g/mol. The summed E-state index contributed by atoms with van der Waals surface area (Å²) >= 11 is 4.85. The zero-order chi connectivity index (χ0) is 8.10. The van der Waals surface area contributed by atoms with Crippen molar-refractivity contribution in [3.05, 3.63) is 18.6 Å². The summed E-state index contributed by atoms with van der Waals surface area (Å²) in [5.41, 5.74) is 0. The highest BCUT2D eigenvalue weighted by atomic mass is 32.1. The Bertz CT molecular complexity index is 236. The van der Waals surface area contributed by atoms with Crippen molar-refractivity contribution in [2.24, 2.45) is 0 Å². The topological polar surface area (TPSA) is 49.8 Å². The lowest BCUT2D eigenvalue weighted by Crippen LogP contribution is -2.24. The molecule has 0 fully saturated rings. The fourth-order valence-corrected chi connectivity index (χ4v) is 0.647. The van der Waals surface area contributed by atoms with Gasteiger partial charge in [0.2, 0.25) is 0 Å². The zero-order valence-corrected chi connectivity index (χ0v) is 6.85. The average Bonchev–Trinajstić information content (AvgIpc) is 2.06. The molecule has 1 heterocycles. The largest absolute Gasteiger partial charge is 0.365 e. The predicted octanol–water partition coefficient (Wildman–Crippen LogP) is 0.393. The molecule has 11 heavy (non-hydrogen) atoms. The van der Waals surface area contributed by atoms with Gasteiger partial charge in [-0.1, -0.05) is 0 Å². The molecule has 0 aliphatic heterocycles. The molecule has 58 valence electrons. The van der Waals surface area contributed by atoms with Crippen LogP contribution in [0.25, 0.3) is 0 Å². The lowest BCUT2D eigenvalue weighted by atomic mass is 10.6. The molecule has 0 radical (unpaired) electrons. The average molecular weight is 168 g/mol. The second-order valence-electron chi connectivity index (χ2n) is 1.79. The first-order valence-electron chi connectivity index (χ1n) is 3.07. The van der Waals surface area contributed by atoms with E-state index in [1.165, 1.54) is 0 Å². The summed E-state index contributed by atoms with van der Waals surface area (Å²) in [4.78, 5) is 7.83. The molecule has 0 saturated heterocycles. The minimum Gasteiger partial charge on any atom is -0.365 e. The van der Waals surface area contributed by atoms with Crippen molar-refractivity contribution < 1.29 is 0 Å². The van der Waals surface area contributed by atoms with Gasteiger partial charge in [-0.3, -0.25) is 4.98 Å². The van der Waals surface area contributed by atoms with Crippen molar-refractivity contribution in [1.29, 1.82) is 0 Å². The first-order valence-corrected chi connectivity index (χ1v) is 3.48. The van der Waals surface area contributed by atoms with Crippen molar-refractivity contribution in [2.45, 2.75) is 0 Å². The van der Waals surface area contributed by atoms with E-state index in [4.69, 9.17) is 12.2 Å². The van der Waals surface area contributed by atoms with Gasteiger partial charge in [0.1, 0.15) is 0 Å². The lowest BCUT2D eigenvalue weighted by Gasteiger charge is -2.03. The Morgan fingerprint density at radius 1 is 1.55 bits per heavy atom. The second-order valence-corrected chi connectivity index (χ2v) is 2.20. The molecule has 4 nitrogen and oxygen atoms in total. The summed E-state index contributed by atoms with van der Waals surface area (Å²) in [6, 6.07) is 0. The van der Waals surface area contributed by atoms with Crippen molar-refractivity contribution in [1.82, 2.24) is 15.3 Å². The van der Waals surface area contributed by atoms with Crippen LogP contribution in [-0.2, 0) is 0 Å². The maximum atomic E-state index is 4.85. The van der Waals surface area contributed by atoms with Crippen molar-refractivity contribution >= 4 is 23.1 Å². The smallest absolute Gasteiger partial charge is 0.171 e. The third-order valence-electron chi connectivity index (χ3n) is 1.03. The first-order chi connectivity index (χ1) is 5.33. The van der Waals surface area contributed by atoms with Crippen LogP contribution in [0.15, 0.2) is 18.6 Å². The van der Waals surface area contributed by atoms with Crippen LogP contribution >= 0.6 is 12.2 Å². The van der Waals surface area contributed by atoms with E-state index in [0.717, 1.165) is 0 Å². The maximum absolute atomic E-state index is 4.85. The number of nitrogens with one attached hydrogen (secondary N) is 2. The highest BCUT2D eigenvalue weighted by Gasteiger charge is 1.92. The molecule has 1 aromatic rings. The van der Waals surface area contributed by atoms with Gasteiger partial charge in [0.15, 0.2) is 10.9 Å². The molecule has 0 aliphatic rings. The van der Waals surface area contributed by atoms with E-state index in [1.54, 1.807) is 25.6 Å². The number of anilines is 1. The molecular weight excluding hydrogens is 160 g/mol. The van der Waals surface area contributed by atoms with Crippen molar-refractivity contribution in [2.75, 3.05) is 12.4 Å². The maximum Gasteiger partial charge on any atom is 0.171 e. The van der Waals surface area contributed by atoms with Gasteiger partial charge in [-0.05, 0) is 12.2 Å². The van der Waals surface area contributed by atoms with Gasteiger partial charge < -0.3 is 10.6 Å². The number of hydrogen-bond acceptors (Lipinski definition) is 3. The zero-order valence-electron chi connectivity index (χ0n) is 6.03. The molecule has 0 spiro atoms. The Balaban J connectivity index is 2.58. The lowest BCUT2D eigenvalue weighted by molar-refractivity contribution is 1.16. The standard InChI is InChI=1S/C6H8N4S/c1-7-6(11)10-5-4-8-2-3-9-5/h2-4H,1H3,(H2,7,9,10,11). The molecule has 2 N–H and O–H groups in total. The van der Waals surface area contributed by atoms with Crippen LogP contribution in [-0.4, -0.2) is 22.1 Å². The van der Waals surface area contributed by atoms with Crippen LogP contribution < -0.4 is 10.6 Å².